The Morgan fingerprint density at radius 1 is 1.07 bits per heavy atom. The first-order valence-electron chi connectivity index (χ1n) is 9.09. The first-order chi connectivity index (χ1) is 13.5. The van der Waals surface area contributed by atoms with Crippen LogP contribution in [0.2, 0.25) is 0 Å². The summed E-state index contributed by atoms with van der Waals surface area (Å²) in [5.74, 6) is -1.87. The van der Waals surface area contributed by atoms with Crippen LogP contribution >= 0.6 is 0 Å². The van der Waals surface area contributed by atoms with Crippen LogP contribution in [0.4, 0.5) is 20.4 Å². The lowest BCUT2D eigenvalue weighted by molar-refractivity contribution is -0.136. The van der Waals surface area contributed by atoms with Crippen molar-refractivity contribution in [2.75, 3.05) is 42.5 Å². The number of rotatable bonds is 3. The molecule has 1 unspecified atom stereocenters. The third-order valence-electron chi connectivity index (χ3n) is 5.10. The van der Waals surface area contributed by atoms with E-state index >= 15 is 0 Å². The Labute approximate surface area is 160 Å². The molecule has 2 amide bonds. The monoisotopic (exact) mass is 387 g/mol. The Hall–Kier alpha value is -3.10. The summed E-state index contributed by atoms with van der Waals surface area (Å²) in [7, 11) is 0. The third-order valence-corrected chi connectivity index (χ3v) is 5.10. The zero-order valence-corrected chi connectivity index (χ0v) is 15.1. The highest BCUT2D eigenvalue weighted by Crippen LogP contribution is 2.29. The van der Waals surface area contributed by atoms with Gasteiger partial charge in [-0.2, -0.15) is 0 Å². The molecule has 2 aromatic rings. The second-order valence-corrected chi connectivity index (χ2v) is 6.86. The van der Waals surface area contributed by atoms with Gasteiger partial charge < -0.3 is 14.7 Å². The predicted octanol–water partition coefficient (Wildman–Crippen LogP) is 1.46. The van der Waals surface area contributed by atoms with Gasteiger partial charge >= 0.3 is 0 Å². The molecule has 0 N–H and O–H groups in total. The Balaban J connectivity index is 1.39. The number of anilines is 2. The van der Waals surface area contributed by atoms with Crippen molar-refractivity contribution in [1.82, 2.24) is 14.9 Å². The molecule has 0 saturated carbocycles. The summed E-state index contributed by atoms with van der Waals surface area (Å²) in [5.41, 5.74) is 0.00717. The minimum absolute atomic E-state index is 0.00717. The van der Waals surface area contributed by atoms with Crippen LogP contribution in [-0.4, -0.2) is 59.4 Å². The van der Waals surface area contributed by atoms with Crippen LogP contribution < -0.4 is 9.80 Å². The molecule has 0 aliphatic carbocycles. The standard InChI is InChI=1S/C19H19F2N5O2/c20-14-2-3-16(15(21)11-14)26-12-13(10-17(26)27)18(28)24-6-8-25(9-7-24)19-22-4-1-5-23-19/h1-5,11,13H,6-10,12H2. The van der Waals surface area contributed by atoms with Gasteiger partial charge in [0.15, 0.2) is 0 Å². The first kappa shape index (κ1) is 18.3. The fourth-order valence-corrected chi connectivity index (χ4v) is 3.65. The molecule has 0 radical (unpaired) electrons. The van der Waals surface area contributed by atoms with Gasteiger partial charge in [0.05, 0.1) is 11.6 Å². The highest BCUT2D eigenvalue weighted by Gasteiger charge is 2.38. The van der Waals surface area contributed by atoms with Crippen molar-refractivity contribution in [1.29, 1.82) is 0 Å². The van der Waals surface area contributed by atoms with Crippen molar-refractivity contribution in [3.05, 3.63) is 48.3 Å². The average molecular weight is 387 g/mol. The summed E-state index contributed by atoms with van der Waals surface area (Å²) in [6.45, 7) is 2.32. The second-order valence-electron chi connectivity index (χ2n) is 6.86. The number of aromatic nitrogens is 2. The van der Waals surface area contributed by atoms with Gasteiger partial charge in [-0.05, 0) is 18.2 Å². The van der Waals surface area contributed by atoms with Gasteiger partial charge in [-0.25, -0.2) is 18.7 Å². The lowest BCUT2D eigenvalue weighted by Crippen LogP contribution is -2.51. The molecule has 7 nitrogen and oxygen atoms in total. The van der Waals surface area contributed by atoms with Crippen molar-refractivity contribution < 1.29 is 18.4 Å². The topological polar surface area (TPSA) is 69.6 Å². The van der Waals surface area contributed by atoms with E-state index in [0.29, 0.717) is 32.1 Å². The summed E-state index contributed by atoms with van der Waals surface area (Å²) in [6.07, 6.45) is 3.37. The lowest BCUT2D eigenvalue weighted by atomic mass is 10.1. The molecular formula is C19H19F2N5O2. The zero-order valence-electron chi connectivity index (χ0n) is 15.1. The number of hydrogen-bond acceptors (Lipinski definition) is 5. The van der Waals surface area contributed by atoms with E-state index in [1.54, 1.807) is 23.4 Å². The van der Waals surface area contributed by atoms with Crippen molar-refractivity contribution >= 4 is 23.5 Å². The van der Waals surface area contributed by atoms with Crippen LogP contribution in [0.1, 0.15) is 6.42 Å². The SMILES string of the molecule is O=C(C1CC(=O)N(c2ccc(F)cc2F)C1)N1CCN(c2ncccn2)CC1. The third kappa shape index (κ3) is 3.51. The zero-order chi connectivity index (χ0) is 19.7. The molecular weight excluding hydrogens is 368 g/mol. The minimum atomic E-state index is -0.807. The smallest absolute Gasteiger partial charge is 0.228 e. The van der Waals surface area contributed by atoms with Crippen LogP contribution in [0.15, 0.2) is 36.7 Å². The van der Waals surface area contributed by atoms with E-state index in [1.807, 2.05) is 4.90 Å². The first-order valence-corrected chi connectivity index (χ1v) is 9.09. The summed E-state index contributed by atoms with van der Waals surface area (Å²) in [6, 6.07) is 4.82. The average Bonchev–Trinajstić information content (AvgIpc) is 3.10. The minimum Gasteiger partial charge on any atom is -0.339 e. The van der Waals surface area contributed by atoms with E-state index in [4.69, 9.17) is 0 Å². The number of amides is 2. The van der Waals surface area contributed by atoms with Gasteiger partial charge in [-0.15, -0.1) is 0 Å². The number of piperazine rings is 1. The van der Waals surface area contributed by atoms with Crippen LogP contribution in [0, 0.1) is 17.6 Å². The summed E-state index contributed by atoms with van der Waals surface area (Å²) in [5, 5.41) is 0. The number of benzene rings is 1. The number of nitrogens with zero attached hydrogens (tertiary/aromatic N) is 5. The van der Waals surface area contributed by atoms with Gasteiger partial charge in [-0.3, -0.25) is 9.59 Å². The molecule has 2 saturated heterocycles. The molecule has 1 aromatic heterocycles. The molecule has 9 heteroatoms. The molecule has 28 heavy (non-hydrogen) atoms. The van der Waals surface area contributed by atoms with Crippen LogP contribution in [0.25, 0.3) is 0 Å². The number of carbonyl (C=O) groups is 2. The molecule has 2 fully saturated rings. The fourth-order valence-electron chi connectivity index (χ4n) is 3.65. The van der Waals surface area contributed by atoms with Crippen molar-refractivity contribution in [3.63, 3.8) is 0 Å². The van der Waals surface area contributed by atoms with Gasteiger partial charge in [0.1, 0.15) is 11.6 Å². The number of carbonyl (C=O) groups excluding carboxylic acids is 2. The maximum Gasteiger partial charge on any atom is 0.228 e. The lowest BCUT2D eigenvalue weighted by Gasteiger charge is -2.35. The normalized spacial score (nSPS) is 20.0. The van der Waals surface area contributed by atoms with E-state index in [1.165, 1.54) is 11.0 Å². The molecule has 146 valence electrons. The predicted molar refractivity (Wildman–Crippen MR) is 97.6 cm³/mol. The van der Waals surface area contributed by atoms with E-state index in [-0.39, 0.29) is 30.5 Å². The summed E-state index contributed by atoms with van der Waals surface area (Å²) in [4.78, 5) is 38.6. The van der Waals surface area contributed by atoms with E-state index < -0.39 is 17.6 Å². The fraction of sp³-hybridized carbons (Fsp3) is 0.368. The molecule has 1 aromatic carbocycles. The quantitative estimate of drug-likeness (QED) is 0.798. The van der Waals surface area contributed by atoms with E-state index in [2.05, 4.69) is 9.97 Å². The molecule has 1 atom stereocenters. The highest BCUT2D eigenvalue weighted by atomic mass is 19.1. The summed E-state index contributed by atoms with van der Waals surface area (Å²) >= 11 is 0. The molecule has 3 heterocycles. The number of hydrogen-bond donors (Lipinski definition) is 0. The van der Waals surface area contributed by atoms with E-state index in [9.17, 15) is 18.4 Å². The van der Waals surface area contributed by atoms with Crippen molar-refractivity contribution in [2.24, 2.45) is 5.92 Å². The highest BCUT2D eigenvalue weighted by molar-refractivity contribution is 6.00. The van der Waals surface area contributed by atoms with Gasteiger partial charge in [0.2, 0.25) is 17.8 Å². The van der Waals surface area contributed by atoms with Gasteiger partial charge in [0.25, 0.3) is 0 Å². The van der Waals surface area contributed by atoms with Crippen molar-refractivity contribution in [2.45, 2.75) is 6.42 Å². The Kier molecular flexibility index (Phi) is 4.89. The van der Waals surface area contributed by atoms with Gasteiger partial charge in [-0.1, -0.05) is 0 Å². The van der Waals surface area contributed by atoms with Crippen LogP contribution in [-0.2, 0) is 9.59 Å². The molecule has 0 bridgehead atoms. The summed E-state index contributed by atoms with van der Waals surface area (Å²) < 4.78 is 27.1. The molecule has 2 aliphatic rings. The van der Waals surface area contributed by atoms with Crippen LogP contribution in [0.5, 0.6) is 0 Å². The molecule has 2 aliphatic heterocycles. The molecule has 4 rings (SSSR count). The molecule has 0 spiro atoms. The Morgan fingerprint density at radius 2 is 1.79 bits per heavy atom. The number of halogens is 2. The maximum atomic E-state index is 14.0. The van der Waals surface area contributed by atoms with Gasteiger partial charge in [0, 0.05) is 57.6 Å². The Morgan fingerprint density at radius 3 is 2.46 bits per heavy atom. The van der Waals surface area contributed by atoms with Crippen molar-refractivity contribution in [3.8, 4) is 0 Å². The largest absolute Gasteiger partial charge is 0.339 e. The second kappa shape index (κ2) is 7.49. The maximum absolute atomic E-state index is 14.0. The van der Waals surface area contributed by atoms with E-state index in [0.717, 1.165) is 12.1 Å². The Bertz CT molecular complexity index is 887. The van der Waals surface area contributed by atoms with Crippen LogP contribution in [0.3, 0.4) is 0 Å².